The number of anilines is 1. The van der Waals surface area contributed by atoms with E-state index in [0.717, 1.165) is 4.57 Å². The van der Waals surface area contributed by atoms with Crippen molar-refractivity contribution >= 4 is 11.8 Å². The highest BCUT2D eigenvalue weighted by Crippen LogP contribution is 2.39. The molecule has 1 fully saturated rings. The minimum Gasteiger partial charge on any atom is -0.455 e. The van der Waals surface area contributed by atoms with Crippen molar-refractivity contribution in [1.82, 2.24) is 9.55 Å². The van der Waals surface area contributed by atoms with Crippen molar-refractivity contribution < 1.29 is 24.5 Å². The van der Waals surface area contributed by atoms with E-state index in [9.17, 15) is 19.8 Å². The van der Waals surface area contributed by atoms with Crippen molar-refractivity contribution in [2.45, 2.75) is 50.8 Å². The third kappa shape index (κ3) is 3.66. The number of aliphatic hydroxyl groups is 2. The van der Waals surface area contributed by atoms with Gasteiger partial charge in [0, 0.05) is 6.20 Å². The summed E-state index contributed by atoms with van der Waals surface area (Å²) in [4.78, 5) is 27.8. The largest absolute Gasteiger partial charge is 0.455 e. The van der Waals surface area contributed by atoms with E-state index in [1.54, 1.807) is 13.8 Å². The maximum Gasteiger partial charge on any atom is 0.351 e. The summed E-state index contributed by atoms with van der Waals surface area (Å²) in [5.74, 6) is -0.888. The summed E-state index contributed by atoms with van der Waals surface area (Å²) < 4.78 is 11.9. The Balaban J connectivity index is 2.32. The second-order valence-electron chi connectivity index (χ2n) is 6.60. The molecule has 140 valence electrons. The Bertz CT molecular complexity index is 689. The number of esters is 1. The fourth-order valence-electron chi connectivity index (χ4n) is 2.65. The molecular weight excluding hydrogens is 332 g/mol. The SMILES string of the molecule is CC(C)C(N)C(=O)O[C@H]1[C@H](CO)O[C@H](n2ccc(N)nc2=O)[C@@]1(C)O. The van der Waals surface area contributed by atoms with Crippen molar-refractivity contribution in [2.75, 3.05) is 12.3 Å². The van der Waals surface area contributed by atoms with E-state index in [1.807, 2.05) is 0 Å². The lowest BCUT2D eigenvalue weighted by molar-refractivity contribution is -0.166. The van der Waals surface area contributed by atoms with Crippen molar-refractivity contribution in [3.63, 3.8) is 0 Å². The van der Waals surface area contributed by atoms with Crippen molar-refractivity contribution in [3.8, 4) is 0 Å². The molecule has 1 aliphatic rings. The Morgan fingerprint density at radius 1 is 1.56 bits per heavy atom. The van der Waals surface area contributed by atoms with E-state index in [2.05, 4.69) is 4.98 Å². The Kier molecular flexibility index (Phi) is 5.47. The number of hydrogen-bond donors (Lipinski definition) is 4. The molecule has 0 amide bonds. The molecule has 0 spiro atoms. The molecule has 2 rings (SSSR count). The summed E-state index contributed by atoms with van der Waals surface area (Å²) in [6.45, 7) is 4.32. The molecule has 2 heterocycles. The Hall–Kier alpha value is -2.01. The van der Waals surface area contributed by atoms with Crippen LogP contribution < -0.4 is 17.2 Å². The number of nitrogens with two attached hydrogens (primary N) is 2. The monoisotopic (exact) mass is 356 g/mol. The van der Waals surface area contributed by atoms with Gasteiger partial charge < -0.3 is 31.2 Å². The van der Waals surface area contributed by atoms with Gasteiger partial charge in [0.2, 0.25) is 0 Å². The van der Waals surface area contributed by atoms with E-state index in [1.165, 1.54) is 19.2 Å². The second kappa shape index (κ2) is 7.08. The Morgan fingerprint density at radius 2 is 2.20 bits per heavy atom. The highest BCUT2D eigenvalue weighted by atomic mass is 16.6. The number of ether oxygens (including phenoxy) is 2. The lowest BCUT2D eigenvalue weighted by Crippen LogP contribution is -2.51. The van der Waals surface area contributed by atoms with Crippen LogP contribution in [0.1, 0.15) is 27.0 Å². The van der Waals surface area contributed by atoms with E-state index in [-0.39, 0.29) is 11.7 Å². The lowest BCUT2D eigenvalue weighted by Gasteiger charge is -2.30. The minimum atomic E-state index is -1.80. The van der Waals surface area contributed by atoms with Gasteiger partial charge in [-0.3, -0.25) is 9.36 Å². The molecule has 1 aromatic rings. The van der Waals surface area contributed by atoms with Crippen LogP contribution in [0.25, 0.3) is 0 Å². The standard InChI is InChI=1S/C15H24N4O6/c1-7(2)10(17)12(21)25-11-8(6-20)24-13(15(11,3)23)19-5-4-9(16)18-14(19)22/h4-5,7-8,10-11,13,20,23H,6,17H2,1-3H3,(H2,16,18,22)/t8-,10?,11-,13-,15-/m0/s1. The number of nitrogens with zero attached hydrogens (tertiary/aromatic N) is 2. The third-order valence-corrected chi connectivity index (χ3v) is 4.23. The fourth-order valence-corrected chi connectivity index (χ4v) is 2.65. The maximum absolute atomic E-state index is 12.2. The predicted molar refractivity (Wildman–Crippen MR) is 87.2 cm³/mol. The van der Waals surface area contributed by atoms with Crippen molar-refractivity contribution in [3.05, 3.63) is 22.7 Å². The first kappa shape index (κ1) is 19.3. The molecule has 10 heteroatoms. The van der Waals surface area contributed by atoms with E-state index in [4.69, 9.17) is 20.9 Å². The summed E-state index contributed by atoms with van der Waals surface area (Å²) in [5.41, 5.74) is 8.67. The topological polar surface area (TPSA) is 163 Å². The number of carbonyl (C=O) groups excluding carboxylic acids is 1. The molecular formula is C15H24N4O6. The normalized spacial score (nSPS) is 30.4. The molecule has 1 saturated heterocycles. The second-order valence-corrected chi connectivity index (χ2v) is 6.60. The van der Waals surface area contributed by atoms with Crippen LogP contribution in [-0.2, 0) is 14.3 Å². The van der Waals surface area contributed by atoms with Gasteiger partial charge in [-0.15, -0.1) is 0 Å². The Morgan fingerprint density at radius 3 is 2.72 bits per heavy atom. The zero-order valence-electron chi connectivity index (χ0n) is 14.3. The van der Waals surface area contributed by atoms with Gasteiger partial charge in [-0.1, -0.05) is 13.8 Å². The van der Waals surface area contributed by atoms with Crippen LogP contribution in [0.3, 0.4) is 0 Å². The number of carbonyl (C=O) groups is 1. The van der Waals surface area contributed by atoms with Crippen LogP contribution in [0, 0.1) is 5.92 Å². The first-order valence-electron chi connectivity index (χ1n) is 7.89. The highest BCUT2D eigenvalue weighted by Gasteiger charge is 2.56. The number of aliphatic hydroxyl groups excluding tert-OH is 1. The molecule has 0 bridgehead atoms. The molecule has 0 radical (unpaired) electrons. The van der Waals surface area contributed by atoms with Gasteiger partial charge in [-0.2, -0.15) is 4.98 Å². The van der Waals surface area contributed by atoms with Crippen LogP contribution >= 0.6 is 0 Å². The van der Waals surface area contributed by atoms with Crippen LogP contribution in [-0.4, -0.2) is 56.2 Å². The quantitative estimate of drug-likeness (QED) is 0.453. The first-order valence-corrected chi connectivity index (χ1v) is 7.89. The van der Waals surface area contributed by atoms with Crippen molar-refractivity contribution in [2.24, 2.45) is 11.7 Å². The molecule has 10 nitrogen and oxygen atoms in total. The third-order valence-electron chi connectivity index (χ3n) is 4.23. The molecule has 0 aromatic carbocycles. The van der Waals surface area contributed by atoms with Gasteiger partial charge in [0.15, 0.2) is 12.3 Å². The van der Waals surface area contributed by atoms with Gasteiger partial charge in [0.25, 0.3) is 0 Å². The molecule has 0 saturated carbocycles. The van der Waals surface area contributed by atoms with Crippen molar-refractivity contribution in [1.29, 1.82) is 0 Å². The average molecular weight is 356 g/mol. The first-order chi connectivity index (χ1) is 11.6. The van der Waals surface area contributed by atoms with Gasteiger partial charge in [0.05, 0.1) is 6.61 Å². The van der Waals surface area contributed by atoms with E-state index < -0.39 is 48.3 Å². The number of nitrogen functional groups attached to an aromatic ring is 1. The zero-order valence-corrected chi connectivity index (χ0v) is 14.3. The molecule has 0 aliphatic carbocycles. The van der Waals surface area contributed by atoms with Crippen LogP contribution in [0.15, 0.2) is 17.1 Å². The summed E-state index contributed by atoms with van der Waals surface area (Å²) in [7, 11) is 0. The molecule has 1 unspecified atom stereocenters. The lowest BCUT2D eigenvalue weighted by atomic mass is 9.95. The number of hydrogen-bond acceptors (Lipinski definition) is 9. The molecule has 1 aliphatic heterocycles. The summed E-state index contributed by atoms with van der Waals surface area (Å²) >= 11 is 0. The Labute approximate surface area is 144 Å². The smallest absolute Gasteiger partial charge is 0.351 e. The minimum absolute atomic E-state index is 0.0171. The summed E-state index contributed by atoms with van der Waals surface area (Å²) in [5, 5.41) is 20.4. The maximum atomic E-state index is 12.2. The predicted octanol–water partition coefficient (Wildman–Crippen LogP) is -1.64. The average Bonchev–Trinajstić information content (AvgIpc) is 2.77. The zero-order chi connectivity index (χ0) is 18.9. The highest BCUT2D eigenvalue weighted by molar-refractivity contribution is 5.76. The molecule has 6 N–H and O–H groups in total. The van der Waals surface area contributed by atoms with Crippen LogP contribution in [0.5, 0.6) is 0 Å². The van der Waals surface area contributed by atoms with Crippen LogP contribution in [0.4, 0.5) is 5.82 Å². The van der Waals surface area contributed by atoms with Gasteiger partial charge >= 0.3 is 11.7 Å². The summed E-state index contributed by atoms with van der Waals surface area (Å²) in [6, 6.07) is 0.470. The van der Waals surface area contributed by atoms with Crippen LogP contribution in [0.2, 0.25) is 0 Å². The number of aromatic nitrogens is 2. The molecule has 1 aromatic heterocycles. The van der Waals surface area contributed by atoms with E-state index in [0.29, 0.717) is 0 Å². The van der Waals surface area contributed by atoms with Gasteiger partial charge in [-0.25, -0.2) is 4.79 Å². The van der Waals surface area contributed by atoms with Gasteiger partial charge in [-0.05, 0) is 18.9 Å². The molecule has 25 heavy (non-hydrogen) atoms. The number of rotatable bonds is 5. The molecule has 5 atom stereocenters. The van der Waals surface area contributed by atoms with E-state index >= 15 is 0 Å². The van der Waals surface area contributed by atoms with Gasteiger partial charge in [0.1, 0.15) is 23.6 Å². The fraction of sp³-hybridized carbons (Fsp3) is 0.667. The summed E-state index contributed by atoms with van der Waals surface area (Å²) in [6.07, 6.45) is -2.17.